The van der Waals surface area contributed by atoms with E-state index in [1.165, 1.54) is 18.5 Å². The van der Waals surface area contributed by atoms with Crippen molar-refractivity contribution in [1.29, 1.82) is 0 Å². The van der Waals surface area contributed by atoms with Crippen molar-refractivity contribution >= 4 is 28.9 Å². The molecule has 1 aliphatic rings. The summed E-state index contributed by atoms with van der Waals surface area (Å²) in [5, 5.41) is 0.781. The first-order valence-corrected chi connectivity index (χ1v) is 7.14. The summed E-state index contributed by atoms with van der Waals surface area (Å²) in [5.41, 5.74) is 2.23. The highest BCUT2D eigenvalue weighted by Gasteiger charge is 2.23. The third-order valence-corrected chi connectivity index (χ3v) is 4.29. The Balaban J connectivity index is 2.19. The zero-order chi connectivity index (χ0) is 12.4. The van der Waals surface area contributed by atoms with Crippen LogP contribution in [-0.2, 0) is 5.88 Å². The first-order valence-electron chi connectivity index (χ1n) is 6.23. The summed E-state index contributed by atoms with van der Waals surface area (Å²) in [6.45, 7) is 5.75. The summed E-state index contributed by atoms with van der Waals surface area (Å²) in [7, 11) is 0. The van der Waals surface area contributed by atoms with Gasteiger partial charge in [0.05, 0.1) is 0 Å². The summed E-state index contributed by atoms with van der Waals surface area (Å²) in [4.78, 5) is 2.45. The van der Waals surface area contributed by atoms with Crippen molar-refractivity contribution in [2.45, 2.75) is 38.6 Å². The largest absolute Gasteiger partial charge is 0.369 e. The maximum atomic E-state index is 6.21. The molecule has 0 saturated carbocycles. The topological polar surface area (TPSA) is 3.24 Å². The van der Waals surface area contributed by atoms with E-state index in [9.17, 15) is 0 Å². The Bertz CT molecular complexity index is 392. The number of nitrogens with zero attached hydrogens (tertiary/aromatic N) is 1. The second kappa shape index (κ2) is 5.49. The molecule has 3 heteroatoms. The van der Waals surface area contributed by atoms with Crippen LogP contribution >= 0.6 is 23.2 Å². The van der Waals surface area contributed by atoms with E-state index in [1.54, 1.807) is 0 Å². The lowest BCUT2D eigenvalue weighted by Gasteiger charge is -2.38. The zero-order valence-electron chi connectivity index (χ0n) is 10.4. The van der Waals surface area contributed by atoms with Gasteiger partial charge in [-0.2, -0.15) is 0 Å². The van der Waals surface area contributed by atoms with E-state index < -0.39 is 0 Å². The molecule has 0 radical (unpaired) electrons. The summed E-state index contributed by atoms with van der Waals surface area (Å²) < 4.78 is 0. The van der Waals surface area contributed by atoms with Gasteiger partial charge in [0.2, 0.25) is 0 Å². The number of halogens is 2. The van der Waals surface area contributed by atoms with E-state index >= 15 is 0 Å². The molecule has 1 nitrogen and oxygen atoms in total. The van der Waals surface area contributed by atoms with Crippen molar-refractivity contribution in [2.24, 2.45) is 5.92 Å². The molecule has 0 aromatic heterocycles. The van der Waals surface area contributed by atoms with E-state index in [4.69, 9.17) is 23.2 Å². The molecule has 1 aromatic carbocycles. The second-order valence-electron chi connectivity index (χ2n) is 5.08. The minimum atomic E-state index is 0.478. The van der Waals surface area contributed by atoms with Crippen molar-refractivity contribution in [2.75, 3.05) is 11.4 Å². The number of alkyl halides is 1. The first-order chi connectivity index (χ1) is 8.11. The summed E-state index contributed by atoms with van der Waals surface area (Å²) in [5.74, 6) is 1.31. The molecule has 1 heterocycles. The van der Waals surface area contributed by atoms with E-state index in [-0.39, 0.29) is 0 Å². The number of hydrogen-bond donors (Lipinski definition) is 0. The molecular weight excluding hydrogens is 253 g/mol. The van der Waals surface area contributed by atoms with Crippen LogP contribution in [0.4, 0.5) is 5.69 Å². The van der Waals surface area contributed by atoms with E-state index in [0.717, 1.165) is 23.0 Å². The summed E-state index contributed by atoms with van der Waals surface area (Å²) in [6, 6.07) is 6.81. The molecule has 0 amide bonds. The first kappa shape index (κ1) is 13.0. The monoisotopic (exact) mass is 271 g/mol. The third kappa shape index (κ3) is 2.89. The van der Waals surface area contributed by atoms with Crippen LogP contribution in [-0.4, -0.2) is 12.6 Å². The predicted molar refractivity (Wildman–Crippen MR) is 76.2 cm³/mol. The molecule has 1 aliphatic heterocycles. The average Bonchev–Trinajstić information content (AvgIpc) is 2.29. The molecule has 17 heavy (non-hydrogen) atoms. The highest BCUT2D eigenvalue weighted by Crippen LogP contribution is 2.31. The van der Waals surface area contributed by atoms with Gasteiger partial charge in [-0.3, -0.25) is 0 Å². The maximum Gasteiger partial charge on any atom is 0.0488 e. The number of piperidine rings is 1. The molecule has 0 spiro atoms. The number of hydrogen-bond acceptors (Lipinski definition) is 1. The van der Waals surface area contributed by atoms with Crippen LogP contribution in [0, 0.1) is 5.92 Å². The van der Waals surface area contributed by atoms with E-state index in [0.29, 0.717) is 11.9 Å². The lowest BCUT2D eigenvalue weighted by Crippen LogP contribution is -2.40. The van der Waals surface area contributed by atoms with Crippen LogP contribution in [0.2, 0.25) is 5.02 Å². The van der Waals surface area contributed by atoms with Crippen molar-refractivity contribution < 1.29 is 0 Å². The molecule has 1 fully saturated rings. The lowest BCUT2D eigenvalue weighted by molar-refractivity contribution is 0.378. The Hall–Kier alpha value is -0.400. The Morgan fingerprint density at radius 1 is 1.35 bits per heavy atom. The van der Waals surface area contributed by atoms with Gasteiger partial charge in [-0.1, -0.05) is 24.6 Å². The molecule has 2 rings (SSSR count). The zero-order valence-corrected chi connectivity index (χ0v) is 11.9. The van der Waals surface area contributed by atoms with Gasteiger partial charge in [-0.05, 0) is 43.4 Å². The van der Waals surface area contributed by atoms with Gasteiger partial charge in [-0.15, -0.1) is 11.6 Å². The quantitative estimate of drug-likeness (QED) is 0.705. The van der Waals surface area contributed by atoms with E-state index in [1.807, 2.05) is 12.1 Å². The highest BCUT2D eigenvalue weighted by molar-refractivity contribution is 6.32. The van der Waals surface area contributed by atoms with Crippen LogP contribution in [0.15, 0.2) is 18.2 Å². The normalized spacial score (nSPS) is 25.1. The van der Waals surface area contributed by atoms with Gasteiger partial charge >= 0.3 is 0 Å². The fraction of sp³-hybridized carbons (Fsp3) is 0.571. The lowest BCUT2D eigenvalue weighted by atomic mass is 9.93. The molecule has 1 aromatic rings. The van der Waals surface area contributed by atoms with Crippen LogP contribution in [0.5, 0.6) is 0 Å². The fourth-order valence-corrected chi connectivity index (χ4v) is 3.16. The Morgan fingerprint density at radius 2 is 2.12 bits per heavy atom. The number of rotatable bonds is 2. The van der Waals surface area contributed by atoms with E-state index in [2.05, 4.69) is 24.8 Å². The molecular formula is C14H19Cl2N. The predicted octanol–water partition coefficient (Wildman–Crippen LogP) is 4.70. The van der Waals surface area contributed by atoms with Crippen LogP contribution in [0.3, 0.4) is 0 Å². The van der Waals surface area contributed by atoms with Gasteiger partial charge < -0.3 is 4.90 Å². The van der Waals surface area contributed by atoms with Gasteiger partial charge in [-0.25, -0.2) is 0 Å². The molecule has 94 valence electrons. The number of anilines is 1. The summed E-state index contributed by atoms with van der Waals surface area (Å²) in [6.07, 6.45) is 2.52. The van der Waals surface area contributed by atoms with Crippen molar-refractivity contribution in [3.8, 4) is 0 Å². The van der Waals surface area contributed by atoms with Crippen LogP contribution in [0.1, 0.15) is 32.3 Å². The molecule has 0 N–H and O–H groups in total. The smallest absolute Gasteiger partial charge is 0.0488 e. The maximum absolute atomic E-state index is 6.21. The van der Waals surface area contributed by atoms with Crippen LogP contribution in [0.25, 0.3) is 0 Å². The van der Waals surface area contributed by atoms with Crippen molar-refractivity contribution in [1.82, 2.24) is 0 Å². The molecule has 0 aliphatic carbocycles. The Morgan fingerprint density at radius 3 is 2.71 bits per heavy atom. The number of benzene rings is 1. The summed E-state index contributed by atoms with van der Waals surface area (Å²) >= 11 is 12.0. The standard InChI is InChI=1S/C14H19Cl2N/c1-10-5-6-17(11(2)7-10)13-4-3-12(9-15)14(16)8-13/h3-4,8,10-11H,5-7,9H2,1-2H3. The average molecular weight is 272 g/mol. The van der Waals surface area contributed by atoms with Crippen LogP contribution < -0.4 is 4.90 Å². The Labute approximate surface area is 114 Å². The third-order valence-electron chi connectivity index (χ3n) is 3.65. The fourth-order valence-electron chi connectivity index (χ4n) is 2.61. The van der Waals surface area contributed by atoms with Crippen molar-refractivity contribution in [3.63, 3.8) is 0 Å². The van der Waals surface area contributed by atoms with Gasteiger partial charge in [0.15, 0.2) is 0 Å². The molecule has 2 atom stereocenters. The Kier molecular flexibility index (Phi) is 4.22. The van der Waals surface area contributed by atoms with Crippen molar-refractivity contribution in [3.05, 3.63) is 28.8 Å². The highest BCUT2D eigenvalue weighted by atomic mass is 35.5. The van der Waals surface area contributed by atoms with Gasteiger partial charge in [0.25, 0.3) is 0 Å². The molecule has 1 saturated heterocycles. The second-order valence-corrected chi connectivity index (χ2v) is 5.76. The SMILES string of the molecule is CC1CCN(c2ccc(CCl)c(Cl)c2)C(C)C1. The van der Waals surface area contributed by atoms with Gasteiger partial charge in [0, 0.05) is 29.2 Å². The minimum absolute atomic E-state index is 0.478. The molecule has 0 bridgehead atoms. The van der Waals surface area contributed by atoms with Gasteiger partial charge in [0.1, 0.15) is 0 Å². The minimum Gasteiger partial charge on any atom is -0.369 e. The molecule has 2 unspecified atom stereocenters.